The molecule has 1 aliphatic rings. The molecule has 1 unspecified atom stereocenters. The summed E-state index contributed by atoms with van der Waals surface area (Å²) in [6.45, 7) is 2.40. The van der Waals surface area contributed by atoms with Gasteiger partial charge in [0.1, 0.15) is 17.3 Å². The summed E-state index contributed by atoms with van der Waals surface area (Å²) in [7, 11) is 1.54. The molecule has 3 aromatic carbocycles. The number of ketones is 1. The van der Waals surface area contributed by atoms with Crippen LogP contribution in [0, 0.1) is 0 Å². The summed E-state index contributed by atoms with van der Waals surface area (Å²) in [6.07, 6.45) is 1.78. The van der Waals surface area contributed by atoms with Gasteiger partial charge in [0.25, 0.3) is 11.7 Å². The molecule has 4 aromatic rings. The molecule has 0 spiro atoms. The Morgan fingerprint density at radius 1 is 1.08 bits per heavy atom. The zero-order valence-electron chi connectivity index (χ0n) is 19.6. The van der Waals surface area contributed by atoms with Crippen LogP contribution in [0.2, 0.25) is 0 Å². The number of amides is 1. The van der Waals surface area contributed by atoms with Gasteiger partial charge in [-0.05, 0) is 71.4 Å². The summed E-state index contributed by atoms with van der Waals surface area (Å²) in [5.74, 6) is -0.508. The Balaban J connectivity index is 1.72. The van der Waals surface area contributed by atoms with Crippen molar-refractivity contribution in [1.82, 2.24) is 4.98 Å². The smallest absolute Gasteiger partial charge is 0.300 e. The number of ether oxygens (including phenoxy) is 2. The number of anilines is 1. The summed E-state index contributed by atoms with van der Waals surface area (Å²) in [5, 5.41) is 12.3. The summed E-state index contributed by atoms with van der Waals surface area (Å²) >= 11 is 3.43. The van der Waals surface area contributed by atoms with Crippen molar-refractivity contribution in [1.29, 1.82) is 0 Å². The Morgan fingerprint density at radius 3 is 2.53 bits per heavy atom. The number of rotatable bonds is 6. The van der Waals surface area contributed by atoms with Crippen molar-refractivity contribution in [2.75, 3.05) is 18.6 Å². The highest BCUT2D eigenvalue weighted by atomic mass is 79.9. The number of H-pyrrole nitrogens is 1. The van der Waals surface area contributed by atoms with Crippen molar-refractivity contribution in [3.05, 3.63) is 94.1 Å². The van der Waals surface area contributed by atoms with Crippen LogP contribution in [0.25, 0.3) is 16.7 Å². The van der Waals surface area contributed by atoms with E-state index in [1.165, 1.54) is 4.90 Å². The van der Waals surface area contributed by atoms with E-state index in [1.807, 2.05) is 31.2 Å². The van der Waals surface area contributed by atoms with Crippen LogP contribution in [0.4, 0.5) is 5.69 Å². The largest absolute Gasteiger partial charge is 0.507 e. The summed E-state index contributed by atoms with van der Waals surface area (Å²) in [6, 6.07) is 18.8. The third-order valence-electron chi connectivity index (χ3n) is 6.21. The summed E-state index contributed by atoms with van der Waals surface area (Å²) < 4.78 is 11.4. The molecule has 7 nitrogen and oxygen atoms in total. The molecule has 1 aromatic heterocycles. The van der Waals surface area contributed by atoms with E-state index >= 15 is 0 Å². The maximum absolute atomic E-state index is 13.4. The highest BCUT2D eigenvalue weighted by molar-refractivity contribution is 9.10. The Bertz CT molecular complexity index is 1510. The third kappa shape index (κ3) is 3.93. The number of hydrogen-bond acceptors (Lipinski definition) is 5. The number of benzene rings is 3. The van der Waals surface area contributed by atoms with E-state index in [0.29, 0.717) is 39.4 Å². The van der Waals surface area contributed by atoms with E-state index in [9.17, 15) is 14.7 Å². The first-order chi connectivity index (χ1) is 17.4. The van der Waals surface area contributed by atoms with Gasteiger partial charge in [0.15, 0.2) is 0 Å². The number of methoxy groups -OCH3 is 1. The van der Waals surface area contributed by atoms with E-state index in [4.69, 9.17) is 9.47 Å². The van der Waals surface area contributed by atoms with Crippen molar-refractivity contribution in [3.8, 4) is 11.5 Å². The van der Waals surface area contributed by atoms with E-state index in [0.717, 1.165) is 10.9 Å². The number of aromatic amines is 1. The predicted octanol–water partition coefficient (Wildman–Crippen LogP) is 5.96. The van der Waals surface area contributed by atoms with Gasteiger partial charge in [-0.1, -0.05) is 18.2 Å². The molecular weight excluding hydrogens is 524 g/mol. The molecule has 0 radical (unpaired) electrons. The van der Waals surface area contributed by atoms with Crippen LogP contribution in [0.1, 0.15) is 24.1 Å². The fourth-order valence-electron chi connectivity index (χ4n) is 4.55. The Labute approximate surface area is 216 Å². The fraction of sp³-hybridized carbons (Fsp3) is 0.143. The zero-order valence-corrected chi connectivity index (χ0v) is 21.2. The fourth-order valence-corrected chi connectivity index (χ4v) is 5.09. The molecule has 0 saturated carbocycles. The lowest BCUT2D eigenvalue weighted by molar-refractivity contribution is -0.132. The van der Waals surface area contributed by atoms with Crippen LogP contribution < -0.4 is 14.4 Å². The number of nitrogens with zero attached hydrogens (tertiary/aromatic N) is 1. The number of fused-ring (bicyclic) bond motifs is 1. The second-order valence-corrected chi connectivity index (χ2v) is 9.09. The number of hydrogen-bond donors (Lipinski definition) is 2. The molecule has 1 fully saturated rings. The van der Waals surface area contributed by atoms with Gasteiger partial charge in [0.2, 0.25) is 0 Å². The monoisotopic (exact) mass is 546 g/mol. The lowest BCUT2D eigenvalue weighted by atomic mass is 9.94. The average Bonchev–Trinajstić information content (AvgIpc) is 3.43. The molecule has 2 heterocycles. The minimum Gasteiger partial charge on any atom is -0.507 e. The molecule has 182 valence electrons. The van der Waals surface area contributed by atoms with Gasteiger partial charge >= 0.3 is 0 Å². The predicted molar refractivity (Wildman–Crippen MR) is 141 cm³/mol. The summed E-state index contributed by atoms with van der Waals surface area (Å²) in [4.78, 5) is 31.5. The number of Topliss-reactive ketones (excluding diaryl/α,β-unsaturated/α-hetero) is 1. The maximum atomic E-state index is 13.4. The van der Waals surface area contributed by atoms with Crippen LogP contribution in [0.5, 0.6) is 11.5 Å². The first-order valence-electron chi connectivity index (χ1n) is 11.4. The first-order valence-corrected chi connectivity index (χ1v) is 12.2. The van der Waals surface area contributed by atoms with Gasteiger partial charge in [-0.2, -0.15) is 0 Å². The van der Waals surface area contributed by atoms with Gasteiger partial charge in [0, 0.05) is 33.9 Å². The molecule has 8 heteroatoms. The van der Waals surface area contributed by atoms with Crippen molar-refractivity contribution in [2.24, 2.45) is 0 Å². The third-order valence-corrected chi connectivity index (χ3v) is 6.83. The number of aromatic nitrogens is 1. The highest BCUT2D eigenvalue weighted by Gasteiger charge is 2.47. The van der Waals surface area contributed by atoms with E-state index in [1.54, 1.807) is 55.8 Å². The van der Waals surface area contributed by atoms with Crippen molar-refractivity contribution in [2.45, 2.75) is 13.0 Å². The topological polar surface area (TPSA) is 91.9 Å². The van der Waals surface area contributed by atoms with Crippen molar-refractivity contribution in [3.63, 3.8) is 0 Å². The number of aliphatic hydroxyl groups excluding tert-OH is 1. The standard InChI is InChI=1S/C28H23BrN2O5/c1-3-36-18-11-9-17(10-12-18)31-25(20-15-30-22-7-5-4-6-19(20)22)24(27(33)28(31)34)26(32)16-8-13-23(35-2)21(29)14-16/h4-15,25,30,32H,3H2,1-2H3/b26-24+. The van der Waals surface area contributed by atoms with Gasteiger partial charge < -0.3 is 19.6 Å². The van der Waals surface area contributed by atoms with Gasteiger partial charge in [-0.25, -0.2) is 0 Å². The number of carbonyl (C=O) groups is 2. The van der Waals surface area contributed by atoms with Crippen molar-refractivity contribution >= 4 is 50.0 Å². The second kappa shape index (κ2) is 9.54. The summed E-state index contributed by atoms with van der Waals surface area (Å²) in [5.41, 5.74) is 2.48. The molecule has 1 saturated heterocycles. The maximum Gasteiger partial charge on any atom is 0.300 e. The molecule has 5 rings (SSSR count). The van der Waals surface area contributed by atoms with Crippen LogP contribution in [-0.2, 0) is 9.59 Å². The van der Waals surface area contributed by atoms with Crippen LogP contribution in [-0.4, -0.2) is 35.5 Å². The Hall–Kier alpha value is -4.04. The molecular formula is C28H23BrN2O5. The lowest BCUT2D eigenvalue weighted by Crippen LogP contribution is -2.29. The first kappa shape index (κ1) is 23.7. The molecule has 36 heavy (non-hydrogen) atoms. The van der Waals surface area contributed by atoms with E-state index in [-0.39, 0.29) is 11.3 Å². The molecule has 0 aliphatic carbocycles. The minimum atomic E-state index is -0.847. The quantitative estimate of drug-likeness (QED) is 0.177. The van der Waals surface area contributed by atoms with E-state index in [2.05, 4.69) is 20.9 Å². The zero-order chi connectivity index (χ0) is 25.4. The molecule has 1 aliphatic heterocycles. The number of carbonyl (C=O) groups excluding carboxylic acids is 2. The molecule has 2 N–H and O–H groups in total. The van der Waals surface area contributed by atoms with Crippen LogP contribution in [0.3, 0.4) is 0 Å². The number of nitrogens with one attached hydrogen (secondary N) is 1. The van der Waals surface area contributed by atoms with Crippen LogP contribution in [0.15, 0.2) is 83.0 Å². The molecule has 1 atom stereocenters. The van der Waals surface area contributed by atoms with E-state index < -0.39 is 17.7 Å². The normalized spacial score (nSPS) is 17.1. The number of para-hydroxylation sites is 1. The van der Waals surface area contributed by atoms with Gasteiger partial charge in [0.05, 0.1) is 29.8 Å². The number of halogens is 1. The lowest BCUT2D eigenvalue weighted by Gasteiger charge is -2.25. The SMILES string of the molecule is CCOc1ccc(N2C(=O)C(=O)/C(=C(/O)c3ccc(OC)c(Br)c3)C2c2c[nH]c3ccccc23)cc1. The minimum absolute atomic E-state index is 0.00991. The van der Waals surface area contributed by atoms with Crippen molar-refractivity contribution < 1.29 is 24.2 Å². The molecule has 1 amide bonds. The van der Waals surface area contributed by atoms with Gasteiger partial charge in [-0.15, -0.1) is 0 Å². The Kier molecular flexibility index (Phi) is 6.28. The number of aliphatic hydroxyl groups is 1. The van der Waals surface area contributed by atoms with Gasteiger partial charge in [-0.3, -0.25) is 14.5 Å². The second-order valence-electron chi connectivity index (χ2n) is 8.23. The highest BCUT2D eigenvalue weighted by Crippen LogP contribution is 2.45. The Morgan fingerprint density at radius 2 is 1.83 bits per heavy atom. The van der Waals surface area contributed by atoms with Crippen LogP contribution >= 0.6 is 15.9 Å². The molecule has 0 bridgehead atoms. The average molecular weight is 547 g/mol.